The van der Waals surface area contributed by atoms with Crippen molar-refractivity contribution < 1.29 is 26.3 Å². The molecule has 0 N–H and O–H groups in total. The number of hydrogen-bond donors (Lipinski definition) is 0. The second-order valence-electron chi connectivity index (χ2n) is 25.4. The molecular weight excluding hydrogens is 1230 g/mol. The summed E-state index contributed by atoms with van der Waals surface area (Å²) < 4.78 is 111. The lowest BCUT2D eigenvalue weighted by atomic mass is 9.96. The molecule has 0 amide bonds. The number of rotatable bonds is 7. The van der Waals surface area contributed by atoms with E-state index in [1.54, 1.807) is 6.07 Å². The molecule has 6 heterocycles. The van der Waals surface area contributed by atoms with Crippen LogP contribution in [-0.2, 0) is 12.4 Å². The molecule has 0 aliphatic rings. The molecule has 466 valence electrons. The van der Waals surface area contributed by atoms with Crippen LogP contribution >= 0.6 is 0 Å². The maximum atomic E-state index is 17.0. The topological polar surface area (TPSA) is 29.6 Å². The Bertz CT molecular complexity index is 5870. The highest BCUT2D eigenvalue weighted by Gasteiger charge is 2.36. The Morgan fingerprint density at radius 2 is 0.418 bits per heavy atom. The zero-order valence-electron chi connectivity index (χ0n) is 51.8. The molecule has 0 saturated heterocycles. The van der Waals surface area contributed by atoms with Gasteiger partial charge in [-0.05, 0) is 127 Å². The Labute approximate surface area is 553 Å². The Balaban J connectivity index is 0.970. The third-order valence-corrected chi connectivity index (χ3v) is 20.2. The average Bonchev–Trinajstić information content (AvgIpc) is 1.50. The highest BCUT2D eigenvalue weighted by atomic mass is 19.4. The first-order chi connectivity index (χ1) is 47.9. The number of para-hydroxylation sites is 8. The Morgan fingerprint density at radius 3 is 0.663 bits per heavy atom. The highest BCUT2D eigenvalue weighted by Crippen LogP contribution is 2.49. The molecule has 20 rings (SSSR count). The van der Waals surface area contributed by atoms with E-state index in [-0.39, 0.29) is 22.5 Å². The van der Waals surface area contributed by atoms with Crippen molar-refractivity contribution in [1.82, 2.24) is 27.4 Å². The van der Waals surface area contributed by atoms with Crippen LogP contribution in [-0.4, -0.2) is 27.4 Å². The van der Waals surface area contributed by atoms with Crippen molar-refractivity contribution in [3.05, 3.63) is 314 Å². The number of nitrogens with zero attached hydrogens (tertiary/aromatic N) is 6. The second kappa shape index (κ2) is 20.5. The molecule has 0 bridgehead atoms. The molecule has 0 saturated carbocycles. The van der Waals surface area contributed by atoms with E-state index < -0.39 is 23.5 Å². The standard InChI is InChI=1S/C86H50F6N6/c87-85(88,89)52-19-17-18-51(44-52)84-82(97-78-47-54(93-70-28-9-1-20-58(70)59-21-2-10-29-71(59)93)36-40-66(78)67-41-37-55(48-79(67)97)94-72-30-11-3-22-60(72)61-23-4-12-31-73(61)94)45-53(86(90,91)92)46-83(84)98-80-49-56(95-74-32-13-5-24-62(74)63-25-6-14-33-75(63)95)38-42-68(80)69-43-39-57(50-81(69)98)96-76-34-15-7-26-64(76)65-27-8-16-35-77(65)96/h1-50H. The van der Waals surface area contributed by atoms with E-state index in [9.17, 15) is 0 Å². The fourth-order valence-electron chi connectivity index (χ4n) is 16.1. The summed E-state index contributed by atoms with van der Waals surface area (Å²) in [6.07, 6.45) is -9.84. The van der Waals surface area contributed by atoms with Gasteiger partial charge in [-0.15, -0.1) is 0 Å². The van der Waals surface area contributed by atoms with E-state index in [4.69, 9.17) is 0 Å². The number of alkyl halides is 6. The summed E-state index contributed by atoms with van der Waals surface area (Å²) in [5.74, 6) is 0. The lowest BCUT2D eigenvalue weighted by molar-refractivity contribution is -0.138. The smallest absolute Gasteiger partial charge is 0.309 e. The normalized spacial score (nSPS) is 12.6. The lowest BCUT2D eigenvalue weighted by Crippen LogP contribution is -2.12. The number of aromatic nitrogens is 6. The molecule has 0 atom stereocenters. The first-order valence-electron chi connectivity index (χ1n) is 32.5. The predicted molar refractivity (Wildman–Crippen MR) is 388 cm³/mol. The highest BCUT2D eigenvalue weighted by molar-refractivity contribution is 6.17. The quantitative estimate of drug-likeness (QED) is 0.142. The minimum absolute atomic E-state index is 0.0139. The van der Waals surface area contributed by atoms with Gasteiger partial charge in [-0.2, -0.15) is 26.3 Å². The van der Waals surface area contributed by atoms with Gasteiger partial charge in [0.1, 0.15) is 0 Å². The van der Waals surface area contributed by atoms with Crippen LogP contribution in [0.3, 0.4) is 0 Å². The number of benzene rings is 14. The van der Waals surface area contributed by atoms with Gasteiger partial charge in [0.2, 0.25) is 0 Å². The van der Waals surface area contributed by atoms with E-state index >= 15 is 26.3 Å². The van der Waals surface area contributed by atoms with Gasteiger partial charge >= 0.3 is 12.4 Å². The van der Waals surface area contributed by atoms with Crippen molar-refractivity contribution in [2.24, 2.45) is 0 Å². The van der Waals surface area contributed by atoms with Crippen LogP contribution in [0.15, 0.2) is 303 Å². The van der Waals surface area contributed by atoms with Crippen LogP contribution < -0.4 is 0 Å². The van der Waals surface area contributed by atoms with Crippen molar-refractivity contribution in [1.29, 1.82) is 0 Å². The first-order valence-corrected chi connectivity index (χ1v) is 32.5. The van der Waals surface area contributed by atoms with Crippen molar-refractivity contribution in [2.75, 3.05) is 0 Å². The molecule has 0 aliphatic heterocycles. The van der Waals surface area contributed by atoms with Gasteiger partial charge in [-0.3, -0.25) is 0 Å². The molecule has 20 aromatic rings. The monoisotopic (exact) mass is 1280 g/mol. The number of fused-ring (bicyclic) bond motifs is 18. The van der Waals surface area contributed by atoms with Crippen LogP contribution in [0.2, 0.25) is 0 Å². The maximum Gasteiger partial charge on any atom is 0.416 e. The van der Waals surface area contributed by atoms with Gasteiger partial charge in [0, 0.05) is 92.9 Å². The summed E-state index contributed by atoms with van der Waals surface area (Å²) in [5, 5.41) is 11.0. The minimum Gasteiger partial charge on any atom is -0.309 e. The third kappa shape index (κ3) is 8.05. The van der Waals surface area contributed by atoms with E-state index in [0.29, 0.717) is 22.1 Å². The molecule has 6 nitrogen and oxygen atoms in total. The molecule has 0 spiro atoms. The molecule has 98 heavy (non-hydrogen) atoms. The molecule has 14 aromatic carbocycles. The summed E-state index contributed by atoms with van der Waals surface area (Å²) in [6, 6.07) is 96.6. The number of halogens is 6. The SMILES string of the molecule is FC(F)(F)c1cccc(-c2c(-n3c4cc(-n5c6ccccc6c6ccccc65)ccc4c4ccc(-n5c6ccccc6c6ccccc65)cc43)cc(C(F)(F)F)cc2-n2c3cc(-n4c5ccccc5c5ccccc54)ccc3c3ccc(-n4c5ccccc5c5ccccc54)cc32)c1. The fraction of sp³-hybridized carbons (Fsp3) is 0.0233. The van der Waals surface area contributed by atoms with E-state index in [2.05, 4.69) is 115 Å². The zero-order chi connectivity index (χ0) is 65.4. The Hall–Kier alpha value is -12.5. The summed E-state index contributed by atoms with van der Waals surface area (Å²) in [6.45, 7) is 0. The van der Waals surface area contributed by atoms with Gasteiger partial charge in [-0.1, -0.05) is 182 Å². The van der Waals surface area contributed by atoms with Crippen LogP contribution in [0.25, 0.3) is 176 Å². The van der Waals surface area contributed by atoms with Gasteiger partial charge in [0.15, 0.2) is 0 Å². The van der Waals surface area contributed by atoms with Crippen molar-refractivity contribution in [3.8, 4) is 45.3 Å². The van der Waals surface area contributed by atoms with Gasteiger partial charge in [-0.25, -0.2) is 0 Å². The van der Waals surface area contributed by atoms with Crippen LogP contribution in [0.4, 0.5) is 26.3 Å². The van der Waals surface area contributed by atoms with Crippen molar-refractivity contribution >= 4 is 131 Å². The summed E-state index contributed by atoms with van der Waals surface area (Å²) in [5.41, 5.74) is 10.6. The van der Waals surface area contributed by atoms with E-state index in [0.717, 1.165) is 156 Å². The van der Waals surface area contributed by atoms with Gasteiger partial charge in [0.25, 0.3) is 0 Å². The van der Waals surface area contributed by atoms with Crippen molar-refractivity contribution in [3.63, 3.8) is 0 Å². The van der Waals surface area contributed by atoms with Crippen molar-refractivity contribution in [2.45, 2.75) is 12.4 Å². The summed E-state index contributed by atoms with van der Waals surface area (Å²) in [7, 11) is 0. The molecule has 0 aliphatic carbocycles. The maximum absolute atomic E-state index is 17.0. The fourth-order valence-corrected chi connectivity index (χ4v) is 16.1. The average molecular weight is 1280 g/mol. The van der Waals surface area contributed by atoms with E-state index in [1.807, 2.05) is 179 Å². The molecule has 0 fully saturated rings. The van der Waals surface area contributed by atoms with Gasteiger partial charge < -0.3 is 27.4 Å². The van der Waals surface area contributed by atoms with E-state index in [1.165, 1.54) is 6.07 Å². The molecule has 6 aromatic heterocycles. The number of hydrogen-bond acceptors (Lipinski definition) is 0. The molecule has 0 unspecified atom stereocenters. The minimum atomic E-state index is -5.00. The second-order valence-corrected chi connectivity index (χ2v) is 25.4. The van der Waals surface area contributed by atoms with Gasteiger partial charge in [0.05, 0.1) is 88.7 Å². The lowest BCUT2D eigenvalue weighted by Gasteiger charge is -2.23. The molecule has 0 radical (unpaired) electrons. The van der Waals surface area contributed by atoms with Crippen LogP contribution in [0, 0.1) is 0 Å². The predicted octanol–water partition coefficient (Wildman–Crippen LogP) is 24.0. The largest absolute Gasteiger partial charge is 0.416 e. The summed E-state index contributed by atoms with van der Waals surface area (Å²) in [4.78, 5) is 0. The Morgan fingerprint density at radius 1 is 0.184 bits per heavy atom. The zero-order valence-corrected chi connectivity index (χ0v) is 51.8. The first kappa shape index (κ1) is 55.9. The Kier molecular flexibility index (Phi) is 11.7. The summed E-state index contributed by atoms with van der Waals surface area (Å²) >= 11 is 0. The van der Waals surface area contributed by atoms with Crippen LogP contribution in [0.5, 0.6) is 0 Å². The third-order valence-electron chi connectivity index (χ3n) is 20.2. The molecule has 12 heteroatoms. The van der Waals surface area contributed by atoms with Crippen LogP contribution in [0.1, 0.15) is 11.1 Å². The molecular formula is C86H50F6N6.